The number of nitrogens with one attached hydrogen (secondary N) is 1. The van der Waals surface area contributed by atoms with E-state index in [1.165, 1.54) is 12.8 Å². The SMILES string of the molecule is COc1ccc(CNC2CCN(C)CC2)c(O)c1. The van der Waals surface area contributed by atoms with Crippen molar-refractivity contribution in [3.8, 4) is 11.5 Å². The molecule has 100 valence electrons. The van der Waals surface area contributed by atoms with Crippen LogP contribution in [0.5, 0.6) is 11.5 Å². The van der Waals surface area contributed by atoms with Gasteiger partial charge in [-0.3, -0.25) is 0 Å². The molecule has 0 aromatic heterocycles. The van der Waals surface area contributed by atoms with Crippen molar-refractivity contribution < 1.29 is 9.84 Å². The van der Waals surface area contributed by atoms with Gasteiger partial charge in [0.15, 0.2) is 0 Å². The Morgan fingerprint density at radius 1 is 1.39 bits per heavy atom. The Morgan fingerprint density at radius 2 is 2.11 bits per heavy atom. The van der Waals surface area contributed by atoms with Gasteiger partial charge in [0.05, 0.1) is 7.11 Å². The van der Waals surface area contributed by atoms with Crippen LogP contribution in [0.15, 0.2) is 18.2 Å². The Bertz CT molecular complexity index is 387. The van der Waals surface area contributed by atoms with E-state index in [1.807, 2.05) is 12.1 Å². The molecule has 1 fully saturated rings. The van der Waals surface area contributed by atoms with Crippen LogP contribution in [-0.2, 0) is 6.54 Å². The molecule has 0 spiro atoms. The number of hydrogen-bond donors (Lipinski definition) is 2. The lowest BCUT2D eigenvalue weighted by molar-refractivity contribution is 0.233. The summed E-state index contributed by atoms with van der Waals surface area (Å²) < 4.78 is 5.07. The van der Waals surface area contributed by atoms with Gasteiger partial charge >= 0.3 is 0 Å². The van der Waals surface area contributed by atoms with Crippen LogP contribution in [0.2, 0.25) is 0 Å². The number of likely N-dealkylation sites (tertiary alicyclic amines) is 1. The van der Waals surface area contributed by atoms with Gasteiger partial charge < -0.3 is 20.1 Å². The van der Waals surface area contributed by atoms with E-state index >= 15 is 0 Å². The summed E-state index contributed by atoms with van der Waals surface area (Å²) in [5, 5.41) is 13.4. The molecule has 2 rings (SSSR count). The van der Waals surface area contributed by atoms with Crippen LogP contribution in [0.25, 0.3) is 0 Å². The Hall–Kier alpha value is -1.26. The molecule has 18 heavy (non-hydrogen) atoms. The topological polar surface area (TPSA) is 44.7 Å². The maximum absolute atomic E-state index is 9.87. The molecule has 0 aliphatic carbocycles. The summed E-state index contributed by atoms with van der Waals surface area (Å²) in [6, 6.07) is 6.01. The van der Waals surface area contributed by atoms with Crippen LogP contribution in [-0.4, -0.2) is 43.3 Å². The van der Waals surface area contributed by atoms with Crippen LogP contribution >= 0.6 is 0 Å². The van der Waals surface area contributed by atoms with E-state index in [1.54, 1.807) is 13.2 Å². The normalized spacial score (nSPS) is 17.9. The van der Waals surface area contributed by atoms with E-state index < -0.39 is 0 Å². The first-order valence-electron chi connectivity index (χ1n) is 6.47. The van der Waals surface area contributed by atoms with Crippen LogP contribution in [0.4, 0.5) is 0 Å². The number of ether oxygens (including phenoxy) is 1. The Labute approximate surface area is 109 Å². The number of methoxy groups -OCH3 is 1. The monoisotopic (exact) mass is 250 g/mol. The second-order valence-corrected chi connectivity index (χ2v) is 4.95. The van der Waals surface area contributed by atoms with Crippen LogP contribution in [0.1, 0.15) is 18.4 Å². The number of benzene rings is 1. The van der Waals surface area contributed by atoms with Gasteiger partial charge in [-0.15, -0.1) is 0 Å². The average molecular weight is 250 g/mol. The molecule has 1 aromatic carbocycles. The Balaban J connectivity index is 1.86. The van der Waals surface area contributed by atoms with Gasteiger partial charge in [-0.2, -0.15) is 0 Å². The van der Waals surface area contributed by atoms with Gasteiger partial charge in [0.2, 0.25) is 0 Å². The maximum atomic E-state index is 9.87. The number of hydrogen-bond acceptors (Lipinski definition) is 4. The van der Waals surface area contributed by atoms with Crippen molar-refractivity contribution in [3.63, 3.8) is 0 Å². The van der Waals surface area contributed by atoms with E-state index in [-0.39, 0.29) is 0 Å². The van der Waals surface area contributed by atoms with Crippen LogP contribution < -0.4 is 10.1 Å². The highest BCUT2D eigenvalue weighted by Gasteiger charge is 2.16. The molecule has 4 nitrogen and oxygen atoms in total. The van der Waals surface area contributed by atoms with E-state index in [0.29, 0.717) is 24.1 Å². The molecular weight excluding hydrogens is 228 g/mol. The summed E-state index contributed by atoms with van der Waals surface area (Å²) >= 11 is 0. The average Bonchev–Trinajstić information content (AvgIpc) is 2.39. The first-order valence-corrected chi connectivity index (χ1v) is 6.47. The number of piperidine rings is 1. The summed E-state index contributed by atoms with van der Waals surface area (Å²) in [6.45, 7) is 3.00. The van der Waals surface area contributed by atoms with Gasteiger partial charge in [0.25, 0.3) is 0 Å². The Kier molecular flexibility index (Phi) is 4.44. The predicted octanol–water partition coefficient (Wildman–Crippen LogP) is 1.58. The van der Waals surface area contributed by atoms with Crippen molar-refractivity contribution in [1.29, 1.82) is 0 Å². The second-order valence-electron chi connectivity index (χ2n) is 4.95. The molecule has 0 unspecified atom stereocenters. The van der Waals surface area contributed by atoms with Gasteiger partial charge in [-0.05, 0) is 39.0 Å². The quantitative estimate of drug-likeness (QED) is 0.851. The smallest absolute Gasteiger partial charge is 0.123 e. The first-order chi connectivity index (χ1) is 8.69. The Morgan fingerprint density at radius 3 is 2.72 bits per heavy atom. The molecule has 1 aliphatic rings. The lowest BCUT2D eigenvalue weighted by Crippen LogP contribution is -2.40. The van der Waals surface area contributed by atoms with Gasteiger partial charge in [-0.25, -0.2) is 0 Å². The third-order valence-corrected chi connectivity index (χ3v) is 3.59. The van der Waals surface area contributed by atoms with Crippen molar-refractivity contribution in [2.45, 2.75) is 25.4 Å². The number of phenols is 1. The summed E-state index contributed by atoms with van der Waals surface area (Å²) in [6.07, 6.45) is 2.35. The van der Waals surface area contributed by atoms with Gasteiger partial charge in [0.1, 0.15) is 11.5 Å². The standard InChI is InChI=1S/C14H22N2O2/c1-16-7-5-12(6-8-16)15-10-11-3-4-13(18-2)9-14(11)17/h3-4,9,12,15,17H,5-8,10H2,1-2H3. The molecule has 0 radical (unpaired) electrons. The molecule has 0 saturated carbocycles. The minimum Gasteiger partial charge on any atom is -0.507 e. The van der Waals surface area contributed by atoms with E-state index in [2.05, 4.69) is 17.3 Å². The molecule has 0 amide bonds. The highest BCUT2D eigenvalue weighted by molar-refractivity contribution is 5.39. The van der Waals surface area contributed by atoms with Crippen molar-refractivity contribution in [2.75, 3.05) is 27.2 Å². The molecule has 1 aromatic rings. The summed E-state index contributed by atoms with van der Waals surface area (Å²) in [7, 11) is 3.76. The fraction of sp³-hybridized carbons (Fsp3) is 0.571. The highest BCUT2D eigenvalue weighted by Crippen LogP contribution is 2.23. The van der Waals surface area contributed by atoms with Gasteiger partial charge in [0, 0.05) is 24.2 Å². The zero-order valence-corrected chi connectivity index (χ0v) is 11.1. The first kappa shape index (κ1) is 13.2. The van der Waals surface area contributed by atoms with Crippen molar-refractivity contribution in [3.05, 3.63) is 23.8 Å². The highest BCUT2D eigenvalue weighted by atomic mass is 16.5. The number of rotatable bonds is 4. The molecule has 1 aliphatic heterocycles. The summed E-state index contributed by atoms with van der Waals surface area (Å²) in [5.74, 6) is 0.991. The second kappa shape index (κ2) is 6.07. The van der Waals surface area contributed by atoms with E-state index in [9.17, 15) is 5.11 Å². The fourth-order valence-corrected chi connectivity index (χ4v) is 2.29. The summed E-state index contributed by atoms with van der Waals surface area (Å²) in [4.78, 5) is 2.35. The summed E-state index contributed by atoms with van der Waals surface area (Å²) in [5.41, 5.74) is 0.926. The van der Waals surface area contributed by atoms with Crippen LogP contribution in [0, 0.1) is 0 Å². The third kappa shape index (κ3) is 3.37. The lowest BCUT2D eigenvalue weighted by Gasteiger charge is -2.29. The fourth-order valence-electron chi connectivity index (χ4n) is 2.29. The molecule has 2 N–H and O–H groups in total. The van der Waals surface area contributed by atoms with E-state index in [4.69, 9.17) is 4.74 Å². The van der Waals surface area contributed by atoms with Crippen molar-refractivity contribution in [1.82, 2.24) is 10.2 Å². The largest absolute Gasteiger partial charge is 0.507 e. The third-order valence-electron chi connectivity index (χ3n) is 3.59. The lowest BCUT2D eigenvalue weighted by atomic mass is 10.0. The minimum absolute atomic E-state index is 0.301. The van der Waals surface area contributed by atoms with Crippen molar-refractivity contribution >= 4 is 0 Å². The number of nitrogens with zero attached hydrogens (tertiary/aromatic N) is 1. The molecule has 0 bridgehead atoms. The zero-order valence-electron chi connectivity index (χ0n) is 11.1. The van der Waals surface area contributed by atoms with Crippen molar-refractivity contribution in [2.24, 2.45) is 0 Å². The number of phenolic OH excluding ortho intramolecular Hbond substituents is 1. The molecule has 1 saturated heterocycles. The van der Waals surface area contributed by atoms with Gasteiger partial charge in [-0.1, -0.05) is 6.07 Å². The maximum Gasteiger partial charge on any atom is 0.123 e. The van der Waals surface area contributed by atoms with E-state index in [0.717, 1.165) is 18.7 Å². The molecule has 1 heterocycles. The minimum atomic E-state index is 0.301. The molecule has 4 heteroatoms. The molecular formula is C14H22N2O2. The predicted molar refractivity (Wildman–Crippen MR) is 72.0 cm³/mol. The molecule has 0 atom stereocenters. The zero-order chi connectivity index (χ0) is 13.0. The van der Waals surface area contributed by atoms with Crippen LogP contribution in [0.3, 0.4) is 0 Å². The number of aromatic hydroxyl groups is 1.